The van der Waals surface area contributed by atoms with Gasteiger partial charge in [0.05, 0.1) is 49.6 Å². The molecule has 11 nitrogen and oxygen atoms in total. The summed E-state index contributed by atoms with van der Waals surface area (Å²) in [7, 11) is 0. The first-order valence-electron chi connectivity index (χ1n) is 26.4. The van der Waals surface area contributed by atoms with E-state index >= 15 is 0 Å². The first-order chi connectivity index (χ1) is 33.5. The van der Waals surface area contributed by atoms with Crippen molar-refractivity contribution >= 4 is 5.91 Å². The predicted molar refractivity (Wildman–Crippen MR) is 269 cm³/mol. The maximum absolute atomic E-state index is 13.3. The number of unbranched alkanes of at least 4 members (excludes halogenated alkanes) is 18. The SMILES string of the molecule is CCCCCCCCCCCCCC[C@@H](O)[C@@H](C)[C@H](COCc1ccc(O[C@@H](O)C2C(O)C(CO)CC2(O)CO)cc1)NC(=O)CCCCCCCCCCc1ccc(OC2=C=C=C(F)C=C2)cc1. The van der Waals surface area contributed by atoms with Gasteiger partial charge in [-0.25, -0.2) is 0 Å². The Balaban J connectivity index is 1.15. The highest BCUT2D eigenvalue weighted by Gasteiger charge is 2.55. The van der Waals surface area contributed by atoms with E-state index in [1.807, 2.05) is 19.1 Å². The summed E-state index contributed by atoms with van der Waals surface area (Å²) in [5, 5.41) is 66.2. The summed E-state index contributed by atoms with van der Waals surface area (Å²) < 4.78 is 30.6. The van der Waals surface area contributed by atoms with E-state index in [-0.39, 0.29) is 43.3 Å². The molecule has 0 saturated heterocycles. The van der Waals surface area contributed by atoms with Crippen LogP contribution in [-0.4, -0.2) is 86.5 Å². The van der Waals surface area contributed by atoms with Gasteiger partial charge in [0.1, 0.15) is 11.5 Å². The van der Waals surface area contributed by atoms with Gasteiger partial charge in [0.25, 0.3) is 0 Å². The number of carbonyl (C=O) groups excluding carboxylic acids is 1. The predicted octanol–water partition coefficient (Wildman–Crippen LogP) is 10.4. The highest BCUT2D eigenvalue weighted by atomic mass is 19.1. The topological polar surface area (TPSA) is 178 Å². The van der Waals surface area contributed by atoms with E-state index in [9.17, 15) is 39.8 Å². The van der Waals surface area contributed by atoms with Gasteiger partial charge in [-0.3, -0.25) is 4.79 Å². The van der Waals surface area contributed by atoms with E-state index in [2.05, 4.69) is 35.8 Å². The molecule has 0 aliphatic heterocycles. The molecular formula is C57H86FNO10. The number of aliphatic hydroxyl groups excluding tert-OH is 5. The van der Waals surface area contributed by atoms with Crippen molar-refractivity contribution in [1.82, 2.24) is 5.32 Å². The molecule has 4 rings (SSSR count). The monoisotopic (exact) mass is 964 g/mol. The number of aliphatic hydroxyl groups is 6. The van der Waals surface area contributed by atoms with E-state index in [4.69, 9.17) is 14.2 Å². The van der Waals surface area contributed by atoms with Gasteiger partial charge in [-0.2, -0.15) is 4.39 Å². The molecule has 8 atom stereocenters. The number of nitrogens with one attached hydrogen (secondary N) is 1. The van der Waals surface area contributed by atoms with Crippen LogP contribution in [-0.2, 0) is 22.6 Å². The van der Waals surface area contributed by atoms with Crippen molar-refractivity contribution in [1.29, 1.82) is 0 Å². The van der Waals surface area contributed by atoms with E-state index < -0.39 is 55.0 Å². The molecule has 0 heterocycles. The quantitative estimate of drug-likeness (QED) is 0.0195. The van der Waals surface area contributed by atoms with E-state index in [1.54, 1.807) is 24.3 Å². The Morgan fingerprint density at radius 1 is 0.768 bits per heavy atom. The zero-order valence-corrected chi connectivity index (χ0v) is 41.8. The molecule has 1 saturated carbocycles. The summed E-state index contributed by atoms with van der Waals surface area (Å²) in [6, 6.07) is 14.4. The first-order valence-corrected chi connectivity index (χ1v) is 26.4. The van der Waals surface area contributed by atoms with Crippen LogP contribution in [0, 0.1) is 17.8 Å². The Morgan fingerprint density at radius 3 is 1.91 bits per heavy atom. The number of halogens is 1. The average molecular weight is 964 g/mol. The third kappa shape index (κ3) is 21.6. The van der Waals surface area contributed by atoms with Gasteiger partial charge in [0.2, 0.25) is 12.2 Å². The molecule has 0 spiro atoms. The molecular weight excluding hydrogens is 878 g/mol. The number of carbonyl (C=O) groups is 1. The number of hydrogen-bond donors (Lipinski definition) is 7. The van der Waals surface area contributed by atoms with Gasteiger partial charge in [-0.1, -0.05) is 154 Å². The fraction of sp³-hybridized carbons (Fsp3) is 0.667. The molecule has 12 heteroatoms. The van der Waals surface area contributed by atoms with Gasteiger partial charge in [0.15, 0.2) is 11.6 Å². The third-order valence-electron chi connectivity index (χ3n) is 14.0. The largest absolute Gasteiger partial charge is 0.465 e. The van der Waals surface area contributed by atoms with Crippen LogP contribution in [0.1, 0.15) is 173 Å². The molecule has 2 aliphatic rings. The van der Waals surface area contributed by atoms with Crippen molar-refractivity contribution in [3.8, 4) is 11.5 Å². The van der Waals surface area contributed by atoms with E-state index in [0.717, 1.165) is 63.4 Å². The second kappa shape index (κ2) is 33.0. The Hall–Kier alpha value is -3.80. The number of aryl methyl sites for hydroxylation is 1. The minimum Gasteiger partial charge on any atom is -0.465 e. The summed E-state index contributed by atoms with van der Waals surface area (Å²) in [6.45, 7) is 3.60. The van der Waals surface area contributed by atoms with Crippen molar-refractivity contribution in [3.05, 3.63) is 94.9 Å². The van der Waals surface area contributed by atoms with Gasteiger partial charge in [-0.15, -0.1) is 0 Å². The zero-order valence-electron chi connectivity index (χ0n) is 41.8. The molecule has 386 valence electrons. The molecule has 2 aromatic carbocycles. The van der Waals surface area contributed by atoms with Crippen LogP contribution in [0.3, 0.4) is 0 Å². The van der Waals surface area contributed by atoms with Crippen molar-refractivity contribution in [3.63, 3.8) is 0 Å². The second-order valence-electron chi connectivity index (χ2n) is 19.7. The van der Waals surface area contributed by atoms with Crippen LogP contribution in [0.5, 0.6) is 11.5 Å². The van der Waals surface area contributed by atoms with Crippen molar-refractivity contribution in [2.45, 2.75) is 205 Å². The fourth-order valence-electron chi connectivity index (χ4n) is 9.55. The van der Waals surface area contributed by atoms with Crippen LogP contribution in [0.4, 0.5) is 4.39 Å². The Bertz CT molecular complexity index is 1860. The lowest BCUT2D eigenvalue weighted by Gasteiger charge is -2.32. The Morgan fingerprint density at radius 2 is 1.33 bits per heavy atom. The molecule has 4 unspecified atom stereocenters. The summed E-state index contributed by atoms with van der Waals surface area (Å²) in [4.78, 5) is 13.3. The lowest BCUT2D eigenvalue weighted by Crippen LogP contribution is -2.49. The smallest absolute Gasteiger partial charge is 0.220 e. The number of allylic oxidation sites excluding steroid dienone is 3. The van der Waals surface area contributed by atoms with Crippen LogP contribution < -0.4 is 14.8 Å². The first kappa shape index (κ1) is 57.8. The molecule has 2 aromatic rings. The maximum atomic E-state index is 13.3. The lowest BCUT2D eigenvalue weighted by molar-refractivity contribution is -0.166. The van der Waals surface area contributed by atoms with Gasteiger partial charge >= 0.3 is 0 Å². The number of amides is 1. The molecule has 2 aliphatic carbocycles. The molecule has 0 bridgehead atoms. The lowest BCUT2D eigenvalue weighted by atomic mass is 9.90. The zero-order chi connectivity index (χ0) is 49.7. The standard InChI is InChI=1S/C57H86FNO10/c1-3-4-5-6-7-8-9-10-11-15-18-21-24-52(62)43(2)51(41-67-40-45-28-34-50(35-29-45)69-56(65)54-55(64)46(39-60)38-57(54,66)42-61)59-53(63)25-22-19-16-13-12-14-17-20-23-44-26-32-48(33-27-44)68-49-36-30-47(58)31-37-49/h26-30,32-36,43,46,51-52,54-56,60-62,64-66H,3-25,38-42H2,1-2H3,(H,59,63)/t43-,46?,51-,52+,54?,55?,56+,57?/m0/s1. The van der Waals surface area contributed by atoms with Crippen LogP contribution >= 0.6 is 0 Å². The Kier molecular flexibility index (Phi) is 27.6. The minimum atomic E-state index is -1.80. The normalized spacial score (nSPS) is 20.6. The molecule has 0 radical (unpaired) electrons. The van der Waals surface area contributed by atoms with Crippen molar-refractivity contribution < 1.29 is 54.0 Å². The highest BCUT2D eigenvalue weighted by Crippen LogP contribution is 2.42. The van der Waals surface area contributed by atoms with Crippen molar-refractivity contribution in [2.24, 2.45) is 17.8 Å². The molecule has 7 N–H and O–H groups in total. The number of benzene rings is 2. The van der Waals surface area contributed by atoms with Gasteiger partial charge < -0.3 is 50.2 Å². The minimum absolute atomic E-state index is 0.0363. The summed E-state index contributed by atoms with van der Waals surface area (Å²) in [5.41, 5.74) is 5.31. The molecule has 0 aromatic heterocycles. The van der Waals surface area contributed by atoms with Crippen LogP contribution in [0.15, 0.2) is 83.7 Å². The number of rotatable bonds is 38. The maximum Gasteiger partial charge on any atom is 0.220 e. The van der Waals surface area contributed by atoms with Crippen LogP contribution in [0.25, 0.3) is 0 Å². The van der Waals surface area contributed by atoms with Crippen molar-refractivity contribution in [2.75, 3.05) is 19.8 Å². The number of hydrogen-bond acceptors (Lipinski definition) is 10. The number of ether oxygens (including phenoxy) is 3. The summed E-state index contributed by atoms with van der Waals surface area (Å²) in [6.07, 6.45) is 25.0. The van der Waals surface area contributed by atoms with E-state index in [0.29, 0.717) is 24.4 Å². The summed E-state index contributed by atoms with van der Waals surface area (Å²) in [5.74, 6) is -1.23. The molecule has 69 heavy (non-hydrogen) atoms. The molecule has 1 amide bonds. The fourth-order valence-corrected chi connectivity index (χ4v) is 9.55. The Labute approximate surface area is 412 Å². The highest BCUT2D eigenvalue weighted by molar-refractivity contribution is 5.76. The second-order valence-corrected chi connectivity index (χ2v) is 19.7. The third-order valence-corrected chi connectivity index (χ3v) is 14.0. The molecule has 1 fully saturated rings. The van der Waals surface area contributed by atoms with Gasteiger partial charge in [0, 0.05) is 24.9 Å². The van der Waals surface area contributed by atoms with Gasteiger partial charge in [-0.05, 0) is 91.1 Å². The average Bonchev–Trinajstić information content (AvgIpc) is 3.62. The van der Waals surface area contributed by atoms with Crippen LogP contribution in [0.2, 0.25) is 0 Å². The summed E-state index contributed by atoms with van der Waals surface area (Å²) >= 11 is 0. The van der Waals surface area contributed by atoms with E-state index in [1.165, 1.54) is 94.8 Å².